The minimum atomic E-state index is -5.46. The van der Waals surface area contributed by atoms with Crippen molar-refractivity contribution in [3.8, 4) is 0 Å². The first-order valence-electron chi connectivity index (χ1n) is 1.81. The van der Waals surface area contributed by atoms with Crippen LogP contribution in [0.25, 0.3) is 0 Å². The molecular formula is C2H4F2NO3P. The van der Waals surface area contributed by atoms with E-state index in [4.69, 9.17) is 0 Å². The number of hydrogen-bond donors (Lipinski definition) is 1. The lowest BCUT2D eigenvalue weighted by atomic mass is 11.2. The lowest BCUT2D eigenvalue weighted by Crippen LogP contribution is -2.16. The molecule has 54 valence electrons. The molecule has 0 fully saturated rings. The minimum absolute atomic E-state index is 0.830. The Labute approximate surface area is 49.9 Å². The van der Waals surface area contributed by atoms with E-state index in [0.29, 0.717) is 0 Å². The maximum Gasteiger partial charge on any atom is 0.513 e. The first-order valence-corrected chi connectivity index (χ1v) is 3.30. The third-order valence-electron chi connectivity index (χ3n) is 0.407. The maximum absolute atomic E-state index is 11.3. The van der Waals surface area contributed by atoms with E-state index in [2.05, 4.69) is 4.74 Å². The molecule has 0 rings (SSSR count). The monoisotopic (exact) mass is 159 g/mol. The number of nitrogens with one attached hydrogen (secondary N) is 1. The van der Waals surface area contributed by atoms with Gasteiger partial charge in [-0.3, -0.25) is 0 Å². The number of hydrogen-bond acceptors (Lipinski definition) is 3. The first-order chi connectivity index (χ1) is 3.95. The van der Waals surface area contributed by atoms with Crippen molar-refractivity contribution in [2.24, 2.45) is 0 Å². The largest absolute Gasteiger partial charge is 0.513 e. The molecule has 4 nitrogen and oxygen atoms in total. The molecule has 9 heavy (non-hydrogen) atoms. The van der Waals surface area contributed by atoms with Crippen LogP contribution in [0.3, 0.4) is 0 Å². The summed E-state index contributed by atoms with van der Waals surface area (Å²) < 4.78 is 35.8. The molecule has 0 aromatic heterocycles. The van der Waals surface area contributed by atoms with Crippen LogP contribution in [0, 0.1) is 0 Å². The van der Waals surface area contributed by atoms with Gasteiger partial charge in [0.25, 0.3) is 0 Å². The molecule has 1 N–H and O–H groups in total. The van der Waals surface area contributed by atoms with E-state index >= 15 is 0 Å². The van der Waals surface area contributed by atoms with Crippen molar-refractivity contribution in [3.05, 3.63) is 0 Å². The van der Waals surface area contributed by atoms with Crippen molar-refractivity contribution in [1.29, 1.82) is 0 Å². The molecule has 0 bridgehead atoms. The highest BCUT2D eigenvalue weighted by Gasteiger charge is 2.22. The molecule has 0 saturated carbocycles. The van der Waals surface area contributed by atoms with Gasteiger partial charge in [-0.05, 0) is 0 Å². The molecule has 0 aliphatic heterocycles. The highest BCUT2D eigenvalue weighted by molar-refractivity contribution is 7.51. The van der Waals surface area contributed by atoms with Crippen LogP contribution in [0.15, 0.2) is 0 Å². The molecule has 0 atom stereocenters. The van der Waals surface area contributed by atoms with Crippen LogP contribution in [0.4, 0.5) is 13.2 Å². The van der Waals surface area contributed by atoms with Crippen LogP contribution >= 0.6 is 7.91 Å². The quantitative estimate of drug-likeness (QED) is 0.588. The lowest BCUT2D eigenvalue weighted by molar-refractivity contribution is 0.176. The third-order valence-corrected chi connectivity index (χ3v) is 0.850. The third kappa shape index (κ3) is 5.23. The second-order valence-electron chi connectivity index (χ2n) is 1.07. The molecule has 0 saturated heterocycles. The lowest BCUT2D eigenvalue weighted by Gasteiger charge is -1.98. The fourth-order valence-corrected chi connectivity index (χ4v) is 0.456. The molecular weight excluding hydrogens is 155 g/mol. The number of ether oxygens (including phenoxy) is 1. The second kappa shape index (κ2) is 2.77. The molecule has 0 spiro atoms. The first kappa shape index (κ1) is 8.36. The van der Waals surface area contributed by atoms with Crippen molar-refractivity contribution in [3.63, 3.8) is 0 Å². The number of halogens is 2. The Bertz CT molecular complexity index is 154. The summed E-state index contributed by atoms with van der Waals surface area (Å²) in [6, 6.07) is 0. The van der Waals surface area contributed by atoms with Crippen molar-refractivity contribution in [2.45, 2.75) is 0 Å². The molecule has 0 radical (unpaired) electrons. The topological polar surface area (TPSA) is 55.4 Å². The molecule has 0 aromatic rings. The summed E-state index contributed by atoms with van der Waals surface area (Å²) in [7, 11) is -4.57. The van der Waals surface area contributed by atoms with Crippen LogP contribution in [-0.2, 0) is 9.30 Å². The zero-order chi connectivity index (χ0) is 7.49. The molecule has 0 heterocycles. The van der Waals surface area contributed by atoms with Gasteiger partial charge in [-0.2, -0.15) is 0 Å². The van der Waals surface area contributed by atoms with Gasteiger partial charge in [-0.15, -0.1) is 8.39 Å². The SMILES string of the molecule is COC(=O)NP(=O)(F)F. The van der Waals surface area contributed by atoms with Crippen molar-refractivity contribution < 1.29 is 22.5 Å². The molecule has 1 amide bonds. The van der Waals surface area contributed by atoms with E-state index in [-0.39, 0.29) is 0 Å². The van der Waals surface area contributed by atoms with Gasteiger partial charge < -0.3 is 4.74 Å². The molecule has 0 aliphatic rings. The summed E-state index contributed by atoms with van der Waals surface area (Å²) in [5, 5.41) is 0.830. The van der Waals surface area contributed by atoms with E-state index in [1.54, 1.807) is 0 Å². The van der Waals surface area contributed by atoms with E-state index in [1.807, 2.05) is 0 Å². The zero-order valence-corrected chi connectivity index (χ0v) is 5.32. The van der Waals surface area contributed by atoms with Gasteiger partial charge in [-0.1, -0.05) is 0 Å². The number of carbonyl (C=O) groups excluding carboxylic acids is 1. The Morgan fingerprint density at radius 2 is 2.11 bits per heavy atom. The fraction of sp³-hybridized carbons (Fsp3) is 0.500. The van der Waals surface area contributed by atoms with Gasteiger partial charge in [0.2, 0.25) is 0 Å². The maximum atomic E-state index is 11.3. The highest BCUT2D eigenvalue weighted by Crippen LogP contribution is 2.43. The highest BCUT2D eigenvalue weighted by atomic mass is 31.2. The van der Waals surface area contributed by atoms with E-state index in [0.717, 1.165) is 12.2 Å². The van der Waals surface area contributed by atoms with E-state index in [9.17, 15) is 17.8 Å². The van der Waals surface area contributed by atoms with Gasteiger partial charge in [0.15, 0.2) is 0 Å². The average Bonchev–Trinajstić information content (AvgIpc) is 1.62. The average molecular weight is 159 g/mol. The van der Waals surface area contributed by atoms with E-state index < -0.39 is 14.0 Å². The second-order valence-corrected chi connectivity index (χ2v) is 2.21. The summed E-state index contributed by atoms with van der Waals surface area (Å²) in [6.07, 6.45) is -1.40. The van der Waals surface area contributed by atoms with Crippen LogP contribution in [0.1, 0.15) is 0 Å². The molecule has 0 aromatic carbocycles. The summed E-state index contributed by atoms with van der Waals surface area (Å²) >= 11 is 0. The van der Waals surface area contributed by atoms with Gasteiger partial charge in [-0.25, -0.2) is 14.4 Å². The minimum Gasteiger partial charge on any atom is -0.453 e. The Morgan fingerprint density at radius 1 is 1.67 bits per heavy atom. The normalized spacial score (nSPS) is 10.6. The van der Waals surface area contributed by atoms with Crippen molar-refractivity contribution in [1.82, 2.24) is 5.09 Å². The Balaban J connectivity index is 3.75. The van der Waals surface area contributed by atoms with Crippen molar-refractivity contribution >= 4 is 14.0 Å². The standard InChI is InChI=1S/C2H4F2NO3P/c1-8-2(6)5-9(3,4)7/h1H3,(H,5,6,7). The van der Waals surface area contributed by atoms with Gasteiger partial charge in [0, 0.05) is 0 Å². The van der Waals surface area contributed by atoms with Crippen molar-refractivity contribution in [2.75, 3.05) is 7.11 Å². The predicted molar refractivity (Wildman–Crippen MR) is 25.4 cm³/mol. The predicted octanol–water partition coefficient (Wildman–Crippen LogP) is 1.39. The Hall–Kier alpha value is -0.640. The van der Waals surface area contributed by atoms with Crippen LogP contribution < -0.4 is 5.09 Å². The Kier molecular flexibility index (Phi) is 2.58. The molecule has 0 aliphatic carbocycles. The smallest absolute Gasteiger partial charge is 0.453 e. The van der Waals surface area contributed by atoms with Gasteiger partial charge in [0.05, 0.1) is 7.11 Å². The van der Waals surface area contributed by atoms with E-state index in [1.165, 1.54) is 0 Å². The Morgan fingerprint density at radius 3 is 2.22 bits per heavy atom. The number of carbonyl (C=O) groups is 1. The van der Waals surface area contributed by atoms with Crippen LogP contribution in [0.5, 0.6) is 0 Å². The summed E-state index contributed by atoms with van der Waals surface area (Å²) in [5.41, 5.74) is 0. The fourth-order valence-electron chi connectivity index (χ4n) is 0.152. The molecule has 7 heteroatoms. The summed E-state index contributed by atoms with van der Waals surface area (Å²) in [6.45, 7) is 0. The van der Waals surface area contributed by atoms with Crippen LogP contribution in [-0.4, -0.2) is 13.2 Å². The number of rotatable bonds is 1. The number of methoxy groups -OCH3 is 1. The van der Waals surface area contributed by atoms with Crippen LogP contribution in [0.2, 0.25) is 0 Å². The summed E-state index contributed by atoms with van der Waals surface area (Å²) in [5.74, 6) is 0. The van der Waals surface area contributed by atoms with Gasteiger partial charge >= 0.3 is 14.0 Å². The number of amides is 1. The van der Waals surface area contributed by atoms with Gasteiger partial charge in [0.1, 0.15) is 0 Å². The molecule has 0 unspecified atom stereocenters. The zero-order valence-electron chi connectivity index (χ0n) is 4.43. The summed E-state index contributed by atoms with van der Waals surface area (Å²) in [4.78, 5) is 9.84.